The van der Waals surface area contributed by atoms with Crippen molar-refractivity contribution in [3.05, 3.63) is 62.9 Å². The van der Waals surface area contributed by atoms with Crippen LogP contribution in [0.2, 0.25) is 5.02 Å². The summed E-state index contributed by atoms with van der Waals surface area (Å²) in [7, 11) is -3.52. The molecular weight excluding hydrogens is 460 g/mol. The fraction of sp³-hybridized carbons (Fsp3) is 0.167. The number of aromatic nitrogens is 1. The van der Waals surface area contributed by atoms with E-state index in [1.807, 2.05) is 0 Å². The van der Waals surface area contributed by atoms with Crippen LogP contribution in [0.3, 0.4) is 0 Å². The Balaban J connectivity index is 1.89. The van der Waals surface area contributed by atoms with Gasteiger partial charge in [0.25, 0.3) is 6.20 Å². The maximum Gasteiger partial charge on any atom is 0.301 e. The van der Waals surface area contributed by atoms with Crippen LogP contribution in [0.4, 0.5) is 20.2 Å². The quantitative estimate of drug-likeness (QED) is 0.247. The number of nitrogens with zero attached hydrogens (tertiary/aromatic N) is 1. The number of benzene rings is 1. The lowest BCUT2D eigenvalue weighted by atomic mass is 10.1. The fourth-order valence-electron chi connectivity index (χ4n) is 2.82. The minimum absolute atomic E-state index is 0.206. The van der Waals surface area contributed by atoms with Crippen LogP contribution in [0.1, 0.15) is 16.0 Å². The highest BCUT2D eigenvalue weighted by molar-refractivity contribution is 7.92. The van der Waals surface area contributed by atoms with Crippen LogP contribution in [0.25, 0.3) is 11.3 Å². The van der Waals surface area contributed by atoms with Gasteiger partial charge in [-0.15, -0.1) is 11.3 Å². The SMILES string of the molecule is Cc1sc(C(O)Nc2cc(Cl)cc(NS(C)(=O)=O)c2)cc1-c1c(F)cc(F)c[n+]1O. The Bertz CT molecular complexity index is 1200. The number of aryl methyl sites for hydroxylation is 1. The highest BCUT2D eigenvalue weighted by Crippen LogP contribution is 2.35. The van der Waals surface area contributed by atoms with Gasteiger partial charge in [0, 0.05) is 26.4 Å². The molecule has 0 fully saturated rings. The third-order valence-corrected chi connectivity index (χ3v) is 5.86. The fourth-order valence-corrected chi connectivity index (χ4v) is 4.57. The molecule has 30 heavy (non-hydrogen) atoms. The van der Waals surface area contributed by atoms with Crippen LogP contribution in [-0.2, 0) is 10.0 Å². The van der Waals surface area contributed by atoms with Crippen molar-refractivity contribution in [3.63, 3.8) is 0 Å². The molecule has 0 bridgehead atoms. The molecule has 7 nitrogen and oxygen atoms in total. The summed E-state index contributed by atoms with van der Waals surface area (Å²) in [6.07, 6.45) is 0.475. The standard InChI is InChI=1S/C18H17ClF2N3O4S2/c1-9-14(17-15(21)5-11(20)8-24(17)26)7-16(29-9)18(25)22-12-3-10(19)4-13(6-12)23-30(2,27)28/h3-8,18,22-23,25-26H,1-2H3/q+1. The predicted molar refractivity (Wildman–Crippen MR) is 110 cm³/mol. The van der Waals surface area contributed by atoms with Gasteiger partial charge in [-0.1, -0.05) is 11.6 Å². The van der Waals surface area contributed by atoms with Crippen LogP contribution in [-0.4, -0.2) is 25.0 Å². The number of hydrogen-bond donors (Lipinski definition) is 4. The van der Waals surface area contributed by atoms with Crippen LogP contribution in [0.15, 0.2) is 36.5 Å². The van der Waals surface area contributed by atoms with E-state index in [1.165, 1.54) is 24.3 Å². The molecule has 12 heteroatoms. The monoisotopic (exact) mass is 476 g/mol. The summed E-state index contributed by atoms with van der Waals surface area (Å²) in [5.74, 6) is -1.90. The van der Waals surface area contributed by atoms with Crippen LogP contribution in [0, 0.1) is 18.6 Å². The lowest BCUT2D eigenvalue weighted by Crippen LogP contribution is -2.34. The zero-order valence-electron chi connectivity index (χ0n) is 15.6. The number of anilines is 2. The molecule has 0 saturated carbocycles. The molecule has 4 N–H and O–H groups in total. The normalized spacial score (nSPS) is 12.6. The van der Waals surface area contributed by atoms with E-state index in [1.54, 1.807) is 6.92 Å². The highest BCUT2D eigenvalue weighted by Gasteiger charge is 2.26. The van der Waals surface area contributed by atoms with E-state index in [2.05, 4.69) is 10.0 Å². The Hall–Kier alpha value is -2.47. The Morgan fingerprint density at radius 1 is 1.17 bits per heavy atom. The first kappa shape index (κ1) is 22.2. The Morgan fingerprint density at radius 3 is 2.47 bits per heavy atom. The van der Waals surface area contributed by atoms with E-state index in [4.69, 9.17) is 11.6 Å². The van der Waals surface area contributed by atoms with Gasteiger partial charge in [-0.25, -0.2) is 12.8 Å². The second-order valence-corrected chi connectivity index (χ2v) is 9.94. The molecule has 3 aromatic rings. The molecule has 1 atom stereocenters. The molecule has 1 unspecified atom stereocenters. The summed E-state index contributed by atoms with van der Waals surface area (Å²) in [4.78, 5) is 0.952. The van der Waals surface area contributed by atoms with Crippen LogP contribution < -0.4 is 14.8 Å². The summed E-state index contributed by atoms with van der Waals surface area (Å²) in [6, 6.07) is 6.45. The number of pyridine rings is 1. The summed E-state index contributed by atoms with van der Waals surface area (Å²) in [5, 5.41) is 23.4. The van der Waals surface area contributed by atoms with Crippen molar-refractivity contribution in [2.45, 2.75) is 13.2 Å². The number of hydrogen-bond acceptors (Lipinski definition) is 6. The van der Waals surface area contributed by atoms with Crippen molar-refractivity contribution in [3.8, 4) is 11.3 Å². The molecule has 0 aliphatic rings. The Morgan fingerprint density at radius 2 is 1.83 bits per heavy atom. The van der Waals surface area contributed by atoms with E-state index < -0.39 is 27.9 Å². The number of sulfonamides is 1. The van der Waals surface area contributed by atoms with E-state index in [0.29, 0.717) is 26.2 Å². The number of nitrogens with one attached hydrogen (secondary N) is 2. The zero-order chi connectivity index (χ0) is 22.2. The number of rotatable bonds is 6. The van der Waals surface area contributed by atoms with E-state index in [-0.39, 0.29) is 22.0 Å². The van der Waals surface area contributed by atoms with Crippen molar-refractivity contribution in [1.82, 2.24) is 0 Å². The number of halogens is 3. The average Bonchev–Trinajstić information content (AvgIpc) is 2.93. The van der Waals surface area contributed by atoms with E-state index in [9.17, 15) is 27.5 Å². The van der Waals surface area contributed by atoms with Gasteiger partial charge in [-0.2, -0.15) is 4.39 Å². The van der Waals surface area contributed by atoms with Gasteiger partial charge in [-0.05, 0) is 31.2 Å². The zero-order valence-corrected chi connectivity index (χ0v) is 18.0. The first-order valence-corrected chi connectivity index (χ1v) is 11.4. The van der Waals surface area contributed by atoms with Gasteiger partial charge in [-0.3, -0.25) is 9.93 Å². The molecule has 0 radical (unpaired) electrons. The first-order chi connectivity index (χ1) is 13.9. The second-order valence-electron chi connectivity index (χ2n) is 6.47. The second kappa shape index (κ2) is 8.34. The van der Waals surface area contributed by atoms with Gasteiger partial charge < -0.3 is 10.4 Å². The lowest BCUT2D eigenvalue weighted by molar-refractivity contribution is -0.897. The topological polar surface area (TPSA) is 103 Å². The molecule has 1 aromatic carbocycles. The minimum atomic E-state index is -3.52. The molecule has 2 heterocycles. The average molecular weight is 477 g/mol. The minimum Gasteiger partial charge on any atom is -0.369 e. The van der Waals surface area contributed by atoms with Gasteiger partial charge in [0.15, 0.2) is 12.0 Å². The maximum atomic E-state index is 14.2. The summed E-state index contributed by atoms with van der Waals surface area (Å²) >= 11 is 7.14. The van der Waals surface area contributed by atoms with Crippen molar-refractivity contribution in [1.29, 1.82) is 0 Å². The third-order valence-electron chi connectivity index (χ3n) is 3.93. The Kier molecular flexibility index (Phi) is 6.18. The number of thiophene rings is 1. The van der Waals surface area contributed by atoms with Crippen molar-refractivity contribution in [2.24, 2.45) is 0 Å². The summed E-state index contributed by atoms with van der Waals surface area (Å²) in [5.41, 5.74) is 0.573. The molecule has 0 amide bonds. The van der Waals surface area contributed by atoms with Gasteiger partial charge in [0.2, 0.25) is 15.8 Å². The molecule has 0 saturated heterocycles. The van der Waals surface area contributed by atoms with Crippen molar-refractivity contribution in [2.75, 3.05) is 16.3 Å². The summed E-state index contributed by atoms with van der Waals surface area (Å²) in [6.45, 7) is 1.66. The molecule has 0 aliphatic heterocycles. The van der Waals surface area contributed by atoms with Gasteiger partial charge in [0.1, 0.15) is 0 Å². The van der Waals surface area contributed by atoms with Crippen LogP contribution >= 0.6 is 22.9 Å². The largest absolute Gasteiger partial charge is 0.369 e. The molecule has 2 aromatic heterocycles. The summed E-state index contributed by atoms with van der Waals surface area (Å²) < 4.78 is 52.9. The Labute approximate surface area is 180 Å². The predicted octanol–water partition coefficient (Wildman–Crippen LogP) is 3.65. The van der Waals surface area contributed by atoms with Crippen molar-refractivity contribution < 1.29 is 32.2 Å². The number of aliphatic hydroxyl groups excluding tert-OH is 1. The highest BCUT2D eigenvalue weighted by atomic mass is 35.5. The third kappa shape index (κ3) is 5.17. The first-order valence-electron chi connectivity index (χ1n) is 8.36. The lowest BCUT2D eigenvalue weighted by Gasteiger charge is -2.14. The molecular formula is C18H17ClF2N3O4S2+. The van der Waals surface area contributed by atoms with E-state index in [0.717, 1.165) is 23.8 Å². The van der Waals surface area contributed by atoms with E-state index >= 15 is 0 Å². The molecule has 3 rings (SSSR count). The maximum absolute atomic E-state index is 14.2. The smallest absolute Gasteiger partial charge is 0.301 e. The van der Waals surface area contributed by atoms with Gasteiger partial charge >= 0.3 is 5.69 Å². The van der Waals surface area contributed by atoms with Crippen molar-refractivity contribution >= 4 is 44.3 Å². The molecule has 0 spiro atoms. The van der Waals surface area contributed by atoms with Crippen LogP contribution in [0.5, 0.6) is 0 Å². The number of aliphatic hydroxyl groups is 1. The molecule has 160 valence electrons. The molecule has 0 aliphatic carbocycles. The van der Waals surface area contributed by atoms with Gasteiger partial charge in [0.05, 0.1) is 22.4 Å².